The van der Waals surface area contributed by atoms with Crippen molar-refractivity contribution in [2.75, 3.05) is 19.7 Å². The molecule has 0 unspecified atom stereocenters. The molecule has 2 amide bonds. The predicted molar refractivity (Wildman–Crippen MR) is 88.2 cm³/mol. The second kappa shape index (κ2) is 7.29. The van der Waals surface area contributed by atoms with Crippen LogP contribution in [0.15, 0.2) is 48.7 Å². The number of benzene rings is 1. The highest BCUT2D eigenvalue weighted by molar-refractivity contribution is 5.93. The number of primary amides is 1. The number of hydrogen-bond donors (Lipinski definition) is 1. The van der Waals surface area contributed by atoms with Crippen LogP contribution in [0.5, 0.6) is 5.75 Å². The van der Waals surface area contributed by atoms with Crippen molar-refractivity contribution in [1.82, 2.24) is 9.88 Å². The molecule has 3 rings (SSSR count). The van der Waals surface area contributed by atoms with E-state index >= 15 is 0 Å². The lowest BCUT2D eigenvalue weighted by Crippen LogP contribution is -2.33. The first-order valence-corrected chi connectivity index (χ1v) is 7.92. The maximum absolute atomic E-state index is 13.0. The molecule has 6 nitrogen and oxygen atoms in total. The molecule has 1 fully saturated rings. The number of nitrogens with two attached hydrogens (primary N) is 1. The SMILES string of the molecule is NC(=O)[C@@H]1CN(C(=O)c2ccc(F)cn2)C[C@H]1COc1ccccc1. The Balaban J connectivity index is 1.68. The number of ether oxygens (including phenoxy) is 1. The average molecular weight is 343 g/mol. The van der Waals surface area contributed by atoms with Gasteiger partial charge in [-0.1, -0.05) is 18.2 Å². The van der Waals surface area contributed by atoms with E-state index in [-0.39, 0.29) is 30.7 Å². The summed E-state index contributed by atoms with van der Waals surface area (Å²) in [7, 11) is 0. The number of aromatic nitrogens is 1. The highest BCUT2D eigenvalue weighted by Crippen LogP contribution is 2.25. The largest absolute Gasteiger partial charge is 0.493 e. The molecule has 0 saturated carbocycles. The van der Waals surface area contributed by atoms with Crippen LogP contribution in [0.4, 0.5) is 4.39 Å². The first-order chi connectivity index (χ1) is 12.0. The minimum atomic E-state index is -0.512. The standard InChI is InChI=1S/C18H18FN3O3/c19-13-6-7-16(21-8-13)18(24)22-9-12(15(10-22)17(20)23)11-25-14-4-2-1-3-5-14/h1-8,12,15H,9-11H2,(H2,20,23)/t12-,15+/m0/s1. The maximum Gasteiger partial charge on any atom is 0.272 e. The van der Waals surface area contributed by atoms with E-state index in [4.69, 9.17) is 10.5 Å². The molecule has 1 aromatic carbocycles. The molecule has 7 heteroatoms. The smallest absolute Gasteiger partial charge is 0.272 e. The molecule has 0 radical (unpaired) electrons. The van der Waals surface area contributed by atoms with Gasteiger partial charge in [0.15, 0.2) is 0 Å². The normalized spacial score (nSPS) is 19.6. The van der Waals surface area contributed by atoms with E-state index in [2.05, 4.69) is 4.98 Å². The van der Waals surface area contributed by atoms with Crippen molar-refractivity contribution in [3.8, 4) is 5.75 Å². The zero-order valence-electron chi connectivity index (χ0n) is 13.5. The van der Waals surface area contributed by atoms with Gasteiger partial charge < -0.3 is 15.4 Å². The summed E-state index contributed by atoms with van der Waals surface area (Å²) in [6.45, 7) is 0.812. The maximum atomic E-state index is 13.0. The van der Waals surface area contributed by atoms with E-state index in [0.717, 1.165) is 6.20 Å². The Morgan fingerprint density at radius 3 is 2.60 bits per heavy atom. The number of carbonyl (C=O) groups is 2. The number of rotatable bonds is 5. The van der Waals surface area contributed by atoms with Gasteiger partial charge in [0.05, 0.1) is 18.7 Å². The molecule has 25 heavy (non-hydrogen) atoms. The summed E-state index contributed by atoms with van der Waals surface area (Å²) in [5, 5.41) is 0. The second-order valence-electron chi connectivity index (χ2n) is 5.96. The van der Waals surface area contributed by atoms with Crippen LogP contribution in [0.2, 0.25) is 0 Å². The molecule has 2 aromatic rings. The van der Waals surface area contributed by atoms with Crippen molar-refractivity contribution >= 4 is 11.8 Å². The Bertz CT molecular complexity index is 752. The first kappa shape index (κ1) is 16.9. The lowest BCUT2D eigenvalue weighted by Gasteiger charge is -2.16. The third-order valence-electron chi connectivity index (χ3n) is 4.25. The fourth-order valence-corrected chi connectivity index (χ4v) is 2.91. The molecule has 2 atom stereocenters. The number of para-hydroxylation sites is 1. The predicted octanol–water partition coefficient (Wildman–Crippen LogP) is 1.47. The van der Waals surface area contributed by atoms with Crippen molar-refractivity contribution in [3.63, 3.8) is 0 Å². The van der Waals surface area contributed by atoms with Gasteiger partial charge in [-0.3, -0.25) is 9.59 Å². The van der Waals surface area contributed by atoms with Crippen molar-refractivity contribution < 1.29 is 18.7 Å². The van der Waals surface area contributed by atoms with Crippen LogP contribution in [0, 0.1) is 17.7 Å². The molecular weight excluding hydrogens is 325 g/mol. The van der Waals surface area contributed by atoms with Crippen LogP contribution in [0.3, 0.4) is 0 Å². The highest BCUT2D eigenvalue weighted by Gasteiger charge is 2.39. The van der Waals surface area contributed by atoms with Gasteiger partial charge in [-0.25, -0.2) is 9.37 Å². The zero-order chi connectivity index (χ0) is 17.8. The van der Waals surface area contributed by atoms with Crippen molar-refractivity contribution in [2.24, 2.45) is 17.6 Å². The summed E-state index contributed by atoms with van der Waals surface area (Å²) in [6.07, 6.45) is 0.991. The minimum absolute atomic E-state index is 0.134. The number of likely N-dealkylation sites (tertiary alicyclic amines) is 1. The Kier molecular flexibility index (Phi) is 4.92. The van der Waals surface area contributed by atoms with Gasteiger partial charge in [0.25, 0.3) is 5.91 Å². The molecule has 1 saturated heterocycles. The summed E-state index contributed by atoms with van der Waals surface area (Å²) in [5.41, 5.74) is 5.61. The lowest BCUT2D eigenvalue weighted by molar-refractivity contribution is -0.122. The summed E-state index contributed by atoms with van der Waals surface area (Å²) in [4.78, 5) is 29.5. The van der Waals surface area contributed by atoms with Crippen LogP contribution in [0.1, 0.15) is 10.5 Å². The summed E-state index contributed by atoms with van der Waals surface area (Å²) in [6, 6.07) is 11.7. The van der Waals surface area contributed by atoms with E-state index < -0.39 is 17.6 Å². The van der Waals surface area contributed by atoms with E-state index in [1.54, 1.807) is 0 Å². The van der Waals surface area contributed by atoms with Crippen LogP contribution in [-0.4, -0.2) is 41.4 Å². The molecule has 2 N–H and O–H groups in total. The molecule has 0 aliphatic carbocycles. The number of nitrogens with zero attached hydrogens (tertiary/aromatic N) is 2. The van der Waals surface area contributed by atoms with Gasteiger partial charge in [0.2, 0.25) is 5.91 Å². The van der Waals surface area contributed by atoms with Gasteiger partial charge in [0, 0.05) is 19.0 Å². The summed E-state index contributed by atoms with van der Waals surface area (Å²) >= 11 is 0. The second-order valence-corrected chi connectivity index (χ2v) is 5.96. The van der Waals surface area contributed by atoms with Crippen LogP contribution in [-0.2, 0) is 4.79 Å². The van der Waals surface area contributed by atoms with Crippen LogP contribution < -0.4 is 10.5 Å². The number of pyridine rings is 1. The number of amides is 2. The zero-order valence-corrected chi connectivity index (χ0v) is 13.5. The van der Waals surface area contributed by atoms with E-state index in [9.17, 15) is 14.0 Å². The molecule has 1 aliphatic rings. The van der Waals surface area contributed by atoms with Gasteiger partial charge in [0.1, 0.15) is 17.3 Å². The molecule has 1 aliphatic heterocycles. The number of halogens is 1. The molecule has 2 heterocycles. The molecule has 130 valence electrons. The summed E-state index contributed by atoms with van der Waals surface area (Å²) < 4.78 is 18.7. The van der Waals surface area contributed by atoms with Crippen molar-refractivity contribution in [3.05, 3.63) is 60.2 Å². The fraction of sp³-hybridized carbons (Fsp3) is 0.278. The van der Waals surface area contributed by atoms with Crippen LogP contribution in [0.25, 0.3) is 0 Å². The van der Waals surface area contributed by atoms with Crippen molar-refractivity contribution in [1.29, 1.82) is 0 Å². The molecular formula is C18H18FN3O3. The number of hydrogen-bond acceptors (Lipinski definition) is 4. The van der Waals surface area contributed by atoms with Gasteiger partial charge in [-0.2, -0.15) is 0 Å². The quantitative estimate of drug-likeness (QED) is 0.891. The minimum Gasteiger partial charge on any atom is -0.493 e. The van der Waals surface area contributed by atoms with Crippen LogP contribution >= 0.6 is 0 Å². The molecule has 0 spiro atoms. The molecule has 1 aromatic heterocycles. The van der Waals surface area contributed by atoms with Gasteiger partial charge in [-0.15, -0.1) is 0 Å². The van der Waals surface area contributed by atoms with E-state index in [1.165, 1.54) is 17.0 Å². The van der Waals surface area contributed by atoms with E-state index in [1.807, 2.05) is 30.3 Å². The summed E-state index contributed by atoms with van der Waals surface area (Å²) in [5.74, 6) is -1.34. The third-order valence-corrected chi connectivity index (χ3v) is 4.25. The average Bonchev–Trinajstić information content (AvgIpc) is 3.05. The lowest BCUT2D eigenvalue weighted by atomic mass is 9.96. The molecule has 0 bridgehead atoms. The number of carbonyl (C=O) groups excluding carboxylic acids is 2. The third kappa shape index (κ3) is 3.93. The van der Waals surface area contributed by atoms with Crippen molar-refractivity contribution in [2.45, 2.75) is 0 Å². The fourth-order valence-electron chi connectivity index (χ4n) is 2.91. The van der Waals surface area contributed by atoms with Gasteiger partial charge in [-0.05, 0) is 24.3 Å². The highest BCUT2D eigenvalue weighted by atomic mass is 19.1. The Morgan fingerprint density at radius 1 is 1.20 bits per heavy atom. The first-order valence-electron chi connectivity index (χ1n) is 7.92. The topological polar surface area (TPSA) is 85.5 Å². The van der Waals surface area contributed by atoms with Gasteiger partial charge >= 0.3 is 0 Å². The Hall–Kier alpha value is -2.96. The Labute approximate surface area is 144 Å². The Morgan fingerprint density at radius 2 is 1.96 bits per heavy atom. The van der Waals surface area contributed by atoms with E-state index in [0.29, 0.717) is 12.3 Å². The monoisotopic (exact) mass is 343 g/mol.